The van der Waals surface area contributed by atoms with Gasteiger partial charge in [-0.1, -0.05) is 327 Å². The third kappa shape index (κ3) is 188. The molecule has 55 heavy (non-hydrogen) atoms. The Labute approximate surface area is 360 Å². The summed E-state index contributed by atoms with van der Waals surface area (Å²) in [4.78, 5) is 0. The summed E-state index contributed by atoms with van der Waals surface area (Å²) in [5.41, 5.74) is 1.41. The summed E-state index contributed by atoms with van der Waals surface area (Å²) in [6.07, 6.45) is 27.0. The minimum atomic E-state index is 0. The van der Waals surface area contributed by atoms with Crippen LogP contribution in [-0.4, -0.2) is 0 Å². The van der Waals surface area contributed by atoms with Crippen molar-refractivity contribution in [3.05, 3.63) is 35.9 Å². The molecule has 0 nitrogen and oxygen atoms in total. The molecule has 0 spiro atoms. The summed E-state index contributed by atoms with van der Waals surface area (Å²) in [7, 11) is 0. The maximum absolute atomic E-state index is 2.20. The Balaban J connectivity index is -0.0000000432. The van der Waals surface area contributed by atoms with E-state index < -0.39 is 0 Å². The third-order valence-electron chi connectivity index (χ3n) is 5.57. The van der Waals surface area contributed by atoms with Crippen molar-refractivity contribution in [2.45, 2.75) is 303 Å². The molecule has 4 saturated carbocycles. The van der Waals surface area contributed by atoms with Crippen LogP contribution in [-0.2, 0) is 0 Å². The van der Waals surface area contributed by atoms with Crippen molar-refractivity contribution in [1.29, 1.82) is 0 Å². The van der Waals surface area contributed by atoms with Crippen LogP contribution in [0.2, 0.25) is 0 Å². The third-order valence-corrected chi connectivity index (χ3v) is 5.57. The molecule has 0 radical (unpaired) electrons. The summed E-state index contributed by atoms with van der Waals surface area (Å²) in [6, 6.07) is 10.5. The van der Waals surface area contributed by atoms with E-state index >= 15 is 0 Å². The maximum Gasteiger partial charge on any atom is -0.0219 e. The fraction of sp³-hybridized carbons (Fsp3) is 0.891. The topological polar surface area (TPSA) is 0 Å². The Hall–Kier alpha value is -0.780. The van der Waals surface area contributed by atoms with Crippen LogP contribution in [0.5, 0.6) is 0 Å². The van der Waals surface area contributed by atoms with E-state index in [2.05, 4.69) is 121 Å². The quantitative estimate of drug-likeness (QED) is 0.266. The largest absolute Gasteiger partial charge is 0.0776 e. The van der Waals surface area contributed by atoms with Gasteiger partial charge in [0.1, 0.15) is 0 Å². The van der Waals surface area contributed by atoms with Crippen LogP contribution in [0.3, 0.4) is 0 Å². The molecule has 1 aromatic rings. The van der Waals surface area contributed by atoms with Crippen molar-refractivity contribution in [2.24, 2.45) is 23.7 Å². The van der Waals surface area contributed by atoms with Gasteiger partial charge >= 0.3 is 0 Å². The summed E-state index contributed by atoms with van der Waals surface area (Å²) < 4.78 is 0. The lowest BCUT2D eigenvalue weighted by molar-refractivity contribution is 0.504. The first-order chi connectivity index (χ1) is 25.2. The first kappa shape index (κ1) is 82.2. The van der Waals surface area contributed by atoms with Crippen molar-refractivity contribution in [3.63, 3.8) is 0 Å². The van der Waals surface area contributed by atoms with E-state index in [1.165, 1.54) is 121 Å². The lowest BCUT2D eigenvalue weighted by Crippen LogP contribution is -1.85. The van der Waals surface area contributed by atoms with Crippen LogP contribution in [0.4, 0.5) is 0 Å². The van der Waals surface area contributed by atoms with Gasteiger partial charge in [0.05, 0.1) is 0 Å². The molecule has 0 unspecified atom stereocenters. The highest BCUT2D eigenvalue weighted by Crippen LogP contribution is 2.16. The molecule has 0 aliphatic heterocycles. The molecule has 4 aliphatic carbocycles. The molecule has 0 N–H and O–H groups in total. The van der Waals surface area contributed by atoms with E-state index in [0.29, 0.717) is 5.92 Å². The molecule has 346 valence electrons. The van der Waals surface area contributed by atoms with Gasteiger partial charge in [-0.2, -0.15) is 0 Å². The Morgan fingerprint density at radius 1 is 0.255 bits per heavy atom. The van der Waals surface area contributed by atoms with E-state index in [9.17, 15) is 0 Å². The fourth-order valence-corrected chi connectivity index (χ4v) is 3.03. The molecule has 0 bridgehead atoms. The van der Waals surface area contributed by atoms with Crippen molar-refractivity contribution in [3.8, 4) is 0 Å². The van der Waals surface area contributed by atoms with Crippen LogP contribution in [0.1, 0.15) is 308 Å². The maximum atomic E-state index is 2.20. The van der Waals surface area contributed by atoms with Gasteiger partial charge in [-0.15, -0.1) is 0 Å². The van der Waals surface area contributed by atoms with E-state index in [1.807, 2.05) is 75.3 Å². The lowest BCUT2D eigenvalue weighted by Gasteiger charge is -2.05. The molecular formula is C55H126. The minimum Gasteiger partial charge on any atom is -0.0776 e. The Morgan fingerprint density at radius 3 is 0.436 bits per heavy atom. The van der Waals surface area contributed by atoms with Crippen LogP contribution in [0, 0.1) is 23.7 Å². The van der Waals surface area contributed by atoms with Gasteiger partial charge in [0.2, 0.25) is 0 Å². The van der Waals surface area contributed by atoms with E-state index in [4.69, 9.17) is 0 Å². The monoisotopic (exact) mass is 787 g/mol. The highest BCUT2D eigenvalue weighted by atomic mass is 14.0. The Morgan fingerprint density at radius 2 is 0.364 bits per heavy atom. The minimum absolute atomic E-state index is 0. The first-order valence-corrected chi connectivity index (χ1v) is 24.3. The van der Waals surface area contributed by atoms with Crippen LogP contribution >= 0.6 is 0 Å². The molecule has 0 atom stereocenters. The predicted molar refractivity (Wildman–Crippen MR) is 276 cm³/mol. The zero-order valence-corrected chi connectivity index (χ0v) is 43.0. The predicted octanol–water partition coefficient (Wildman–Crippen LogP) is 22.9. The average Bonchev–Trinajstić information content (AvgIpc) is 3.88. The highest BCUT2D eigenvalue weighted by molar-refractivity contribution is 5.17. The molecule has 1 aromatic carbocycles. The van der Waals surface area contributed by atoms with Gasteiger partial charge in [-0.3, -0.25) is 0 Å². The standard InChI is InChI=1S/C9H12.C6H12.C5H10.C4H8.4C4H10.C3H6.5C2H6.2CH4/c1-8(2)9-6-4-3-5-7-9;1-2-4-6-5-3-1;1-2-4-5-3-1;1-2-4-3-1;4*1-4(2)3;1-2-3-1;5*1-2;;/h3-8H,1-2H3;1-6H2;1-5H2;1-4H2;4*4H,1-3H3;1-3H2;5*1-2H3;2*1H4. The van der Waals surface area contributed by atoms with Gasteiger partial charge in [-0.05, 0) is 35.2 Å². The summed E-state index contributed by atoms with van der Waals surface area (Å²) >= 11 is 0. The average molecular weight is 788 g/mol. The van der Waals surface area contributed by atoms with E-state index in [1.54, 1.807) is 0 Å². The van der Waals surface area contributed by atoms with Gasteiger partial charge in [-0.25, -0.2) is 0 Å². The highest BCUT2D eigenvalue weighted by Gasteiger charge is 1.97. The van der Waals surface area contributed by atoms with Crippen LogP contribution in [0.15, 0.2) is 30.3 Å². The van der Waals surface area contributed by atoms with Crippen molar-refractivity contribution in [1.82, 2.24) is 0 Å². The molecule has 0 saturated heterocycles. The molecule has 0 aromatic heterocycles. The van der Waals surface area contributed by atoms with Crippen molar-refractivity contribution in [2.75, 3.05) is 0 Å². The molecule has 0 heterocycles. The van der Waals surface area contributed by atoms with Crippen LogP contribution in [0.25, 0.3) is 0 Å². The normalized spacial score (nSPS) is 12.7. The first-order valence-electron chi connectivity index (χ1n) is 24.3. The zero-order valence-electron chi connectivity index (χ0n) is 43.0. The SMILES string of the molecule is C.C.C1CC1.C1CCC1.C1CCCC1.C1CCCCC1.CC.CC.CC.CC.CC.CC(C)C.CC(C)C.CC(C)C.CC(C)C.CC(C)c1ccccc1. The van der Waals surface area contributed by atoms with Gasteiger partial charge in [0.25, 0.3) is 0 Å². The van der Waals surface area contributed by atoms with Crippen molar-refractivity contribution >= 4 is 0 Å². The second kappa shape index (κ2) is 89.7. The smallest absolute Gasteiger partial charge is 0.0219 e. The number of hydrogen-bond donors (Lipinski definition) is 0. The van der Waals surface area contributed by atoms with Crippen molar-refractivity contribution < 1.29 is 0 Å². The van der Waals surface area contributed by atoms with Crippen LogP contribution < -0.4 is 0 Å². The molecule has 0 amide bonds. The van der Waals surface area contributed by atoms with Gasteiger partial charge in [0.15, 0.2) is 0 Å². The molecule has 4 aliphatic rings. The summed E-state index contributed by atoms with van der Waals surface area (Å²) in [5.74, 6) is 3.99. The molecule has 4 fully saturated rings. The number of hydrogen-bond acceptors (Lipinski definition) is 0. The van der Waals surface area contributed by atoms with E-state index in [-0.39, 0.29) is 14.9 Å². The van der Waals surface area contributed by atoms with Gasteiger partial charge < -0.3 is 0 Å². The number of benzene rings is 1. The van der Waals surface area contributed by atoms with E-state index in [0.717, 1.165) is 23.7 Å². The Bertz CT molecular complexity index is 476. The van der Waals surface area contributed by atoms with Gasteiger partial charge in [0, 0.05) is 0 Å². The Kier molecular flexibility index (Phi) is 134. The lowest BCUT2D eigenvalue weighted by atomic mass is 10.0. The summed E-state index contributed by atoms with van der Waals surface area (Å²) in [5, 5.41) is 0. The molecule has 0 heteroatoms. The number of rotatable bonds is 1. The second-order valence-electron chi connectivity index (χ2n) is 15.9. The molecule has 5 rings (SSSR count). The molecular weight excluding hydrogens is 661 g/mol. The second-order valence-corrected chi connectivity index (χ2v) is 15.9. The summed E-state index contributed by atoms with van der Waals surface area (Å²) in [6.45, 7) is 50.4. The zero-order chi connectivity index (χ0) is 43.7. The fourth-order valence-electron chi connectivity index (χ4n) is 3.03.